The van der Waals surface area contributed by atoms with Crippen molar-refractivity contribution in [3.8, 4) is 0 Å². The molecule has 3 N–H and O–H groups in total. The van der Waals surface area contributed by atoms with Gasteiger partial charge in [0.05, 0.1) is 25.3 Å². The van der Waals surface area contributed by atoms with Crippen LogP contribution in [0.2, 0.25) is 0 Å². The van der Waals surface area contributed by atoms with Crippen LogP contribution in [0.3, 0.4) is 0 Å². The quantitative estimate of drug-likeness (QED) is 0.438. The molecule has 3 atom stereocenters. The third kappa shape index (κ3) is 6.26. The lowest BCUT2D eigenvalue weighted by atomic mass is 10.00. The fourth-order valence-electron chi connectivity index (χ4n) is 3.45. The number of hydrogen-bond donors (Lipinski definition) is 3. The summed E-state index contributed by atoms with van der Waals surface area (Å²) in [4.78, 5) is 8.49. The first-order valence-electron chi connectivity index (χ1n) is 10.2. The van der Waals surface area contributed by atoms with Gasteiger partial charge in [0.15, 0.2) is 5.96 Å². The first-order valence-corrected chi connectivity index (χ1v) is 12.0. The second kappa shape index (κ2) is 10.5. The number of rotatable bonds is 8. The standard InChI is InChI=1S/C21H32N4O2S2/c1-4-22-20(24-15-21(3,26)17-7-11-28-14-17)23-12-18(19-6-5-10-29-19)25-8-9-27-16(2)13-25/h5-7,10-11,14,16,18,26H,4,8-9,12-13,15H2,1-3H3,(H2,22,23,24). The zero-order valence-electron chi connectivity index (χ0n) is 17.4. The van der Waals surface area contributed by atoms with Crippen LogP contribution in [-0.4, -0.2) is 61.4 Å². The Hall–Kier alpha value is -1.45. The molecule has 160 valence electrons. The van der Waals surface area contributed by atoms with Gasteiger partial charge in [-0.2, -0.15) is 11.3 Å². The highest BCUT2D eigenvalue weighted by Gasteiger charge is 2.27. The lowest BCUT2D eigenvalue weighted by Crippen LogP contribution is -2.48. The van der Waals surface area contributed by atoms with Crippen molar-refractivity contribution in [3.05, 3.63) is 44.8 Å². The third-order valence-corrected chi connectivity index (χ3v) is 6.74. The van der Waals surface area contributed by atoms with Crippen LogP contribution in [0.1, 0.15) is 37.3 Å². The SMILES string of the molecule is CCNC(=NCC(C)(O)c1ccsc1)NCC(c1cccs1)N1CCOC(C)C1. The molecule has 8 heteroatoms. The van der Waals surface area contributed by atoms with Crippen LogP contribution in [0.25, 0.3) is 0 Å². The number of morpholine rings is 1. The molecule has 3 rings (SSSR count). The number of hydrogen-bond acceptors (Lipinski definition) is 6. The van der Waals surface area contributed by atoms with Gasteiger partial charge >= 0.3 is 0 Å². The van der Waals surface area contributed by atoms with Gasteiger partial charge in [0.25, 0.3) is 0 Å². The fourth-order valence-corrected chi connectivity index (χ4v) is 5.09. The molecule has 1 fully saturated rings. The average Bonchev–Trinajstić information content (AvgIpc) is 3.41. The van der Waals surface area contributed by atoms with Gasteiger partial charge in [-0.25, -0.2) is 4.99 Å². The number of aliphatic imine (C=N–C) groups is 1. The van der Waals surface area contributed by atoms with E-state index in [1.54, 1.807) is 22.7 Å². The zero-order valence-corrected chi connectivity index (χ0v) is 19.1. The maximum Gasteiger partial charge on any atom is 0.191 e. The highest BCUT2D eigenvalue weighted by molar-refractivity contribution is 7.10. The average molecular weight is 437 g/mol. The Bertz CT molecular complexity index is 747. The Kier molecular flexibility index (Phi) is 8.08. The number of ether oxygens (including phenoxy) is 1. The predicted molar refractivity (Wildman–Crippen MR) is 122 cm³/mol. The summed E-state index contributed by atoms with van der Waals surface area (Å²) in [7, 11) is 0. The molecule has 1 saturated heterocycles. The highest BCUT2D eigenvalue weighted by Crippen LogP contribution is 2.26. The molecule has 0 spiro atoms. The summed E-state index contributed by atoms with van der Waals surface area (Å²) in [6, 6.07) is 6.52. The minimum Gasteiger partial charge on any atom is -0.383 e. The summed E-state index contributed by atoms with van der Waals surface area (Å²) >= 11 is 3.37. The van der Waals surface area contributed by atoms with Crippen molar-refractivity contribution in [2.75, 3.05) is 39.3 Å². The first-order chi connectivity index (χ1) is 14.0. The van der Waals surface area contributed by atoms with Crippen molar-refractivity contribution in [2.45, 2.75) is 38.5 Å². The summed E-state index contributed by atoms with van der Waals surface area (Å²) in [6.07, 6.45) is 0.244. The molecule has 6 nitrogen and oxygen atoms in total. The molecule has 0 aromatic carbocycles. The zero-order chi connectivity index (χ0) is 20.7. The Morgan fingerprint density at radius 1 is 1.41 bits per heavy atom. The summed E-state index contributed by atoms with van der Waals surface area (Å²) in [5.41, 5.74) is -0.0735. The van der Waals surface area contributed by atoms with E-state index in [1.165, 1.54) is 4.88 Å². The summed E-state index contributed by atoms with van der Waals surface area (Å²) in [5, 5.41) is 23.7. The molecule has 2 aromatic heterocycles. The highest BCUT2D eigenvalue weighted by atomic mass is 32.1. The van der Waals surface area contributed by atoms with Crippen molar-refractivity contribution in [3.63, 3.8) is 0 Å². The van der Waals surface area contributed by atoms with Gasteiger partial charge in [0.2, 0.25) is 0 Å². The Balaban J connectivity index is 1.68. The second-order valence-corrected chi connectivity index (χ2v) is 9.33. The molecule has 3 heterocycles. The van der Waals surface area contributed by atoms with Crippen LogP contribution in [0.15, 0.2) is 39.3 Å². The molecule has 29 heavy (non-hydrogen) atoms. The first kappa shape index (κ1) is 22.2. The van der Waals surface area contributed by atoms with Gasteiger partial charge < -0.3 is 20.5 Å². The number of nitrogens with zero attached hydrogens (tertiary/aromatic N) is 2. The van der Waals surface area contributed by atoms with E-state index >= 15 is 0 Å². The number of thiophene rings is 2. The predicted octanol–water partition coefficient (Wildman–Crippen LogP) is 3.03. The monoisotopic (exact) mass is 436 g/mol. The van der Waals surface area contributed by atoms with Gasteiger partial charge in [-0.1, -0.05) is 6.07 Å². The lowest BCUT2D eigenvalue weighted by Gasteiger charge is -2.37. The van der Waals surface area contributed by atoms with E-state index in [0.717, 1.165) is 44.3 Å². The molecule has 2 aromatic rings. The number of nitrogens with one attached hydrogen (secondary N) is 2. The van der Waals surface area contributed by atoms with Crippen molar-refractivity contribution < 1.29 is 9.84 Å². The fraction of sp³-hybridized carbons (Fsp3) is 0.571. The molecule has 0 aliphatic carbocycles. The van der Waals surface area contributed by atoms with Gasteiger partial charge in [-0.3, -0.25) is 4.90 Å². The molecule has 0 saturated carbocycles. The minimum atomic E-state index is -0.977. The summed E-state index contributed by atoms with van der Waals surface area (Å²) in [6.45, 7) is 10.4. The van der Waals surface area contributed by atoms with Crippen LogP contribution in [0, 0.1) is 0 Å². The minimum absolute atomic E-state index is 0.244. The maximum absolute atomic E-state index is 10.8. The molecule has 0 bridgehead atoms. The van der Waals surface area contributed by atoms with Gasteiger partial charge in [0.1, 0.15) is 5.60 Å². The second-order valence-electron chi connectivity index (χ2n) is 7.57. The van der Waals surface area contributed by atoms with Crippen LogP contribution >= 0.6 is 22.7 Å². The molecule has 1 aliphatic heterocycles. The maximum atomic E-state index is 10.8. The van der Waals surface area contributed by atoms with E-state index in [2.05, 4.69) is 51.9 Å². The Morgan fingerprint density at radius 3 is 2.93 bits per heavy atom. The van der Waals surface area contributed by atoms with E-state index in [4.69, 9.17) is 4.74 Å². The molecule has 0 radical (unpaired) electrons. The van der Waals surface area contributed by atoms with Crippen LogP contribution in [-0.2, 0) is 10.3 Å². The third-order valence-electron chi connectivity index (χ3n) is 5.08. The molecular weight excluding hydrogens is 404 g/mol. The van der Waals surface area contributed by atoms with E-state index < -0.39 is 5.60 Å². The van der Waals surface area contributed by atoms with Crippen LogP contribution in [0.5, 0.6) is 0 Å². The van der Waals surface area contributed by atoms with E-state index in [-0.39, 0.29) is 12.1 Å². The van der Waals surface area contributed by atoms with E-state index in [9.17, 15) is 5.11 Å². The Morgan fingerprint density at radius 2 is 2.28 bits per heavy atom. The van der Waals surface area contributed by atoms with Gasteiger partial charge in [-0.15, -0.1) is 11.3 Å². The summed E-state index contributed by atoms with van der Waals surface area (Å²) in [5.74, 6) is 0.728. The number of guanidine groups is 1. The normalized spacial score (nSPS) is 21.5. The Labute approximate surface area is 181 Å². The van der Waals surface area contributed by atoms with Crippen LogP contribution < -0.4 is 10.6 Å². The largest absolute Gasteiger partial charge is 0.383 e. The van der Waals surface area contributed by atoms with Crippen LogP contribution in [0.4, 0.5) is 0 Å². The lowest BCUT2D eigenvalue weighted by molar-refractivity contribution is -0.0334. The topological polar surface area (TPSA) is 69.1 Å². The molecule has 3 unspecified atom stereocenters. The van der Waals surface area contributed by atoms with Crippen molar-refractivity contribution in [1.29, 1.82) is 0 Å². The van der Waals surface area contributed by atoms with E-state index in [0.29, 0.717) is 6.54 Å². The molecule has 0 amide bonds. The van der Waals surface area contributed by atoms with Crippen molar-refractivity contribution in [1.82, 2.24) is 15.5 Å². The smallest absolute Gasteiger partial charge is 0.191 e. The summed E-state index contributed by atoms with van der Waals surface area (Å²) < 4.78 is 5.73. The van der Waals surface area contributed by atoms with Crippen molar-refractivity contribution >= 4 is 28.6 Å². The number of aliphatic hydroxyl groups is 1. The van der Waals surface area contributed by atoms with E-state index in [1.807, 2.05) is 23.8 Å². The van der Waals surface area contributed by atoms with Gasteiger partial charge in [0, 0.05) is 31.1 Å². The molecular formula is C21H32N4O2S2. The molecule has 1 aliphatic rings. The van der Waals surface area contributed by atoms with Crippen molar-refractivity contribution in [2.24, 2.45) is 4.99 Å². The van der Waals surface area contributed by atoms with Gasteiger partial charge in [-0.05, 0) is 54.6 Å².